The van der Waals surface area contributed by atoms with E-state index in [9.17, 15) is 5.02 Å². The number of allylic oxidation sites excluding steroid dienone is 4. The lowest BCUT2D eigenvalue weighted by molar-refractivity contribution is 0.615. The Hall–Kier alpha value is -4.08. The van der Waals surface area contributed by atoms with Crippen LogP contribution in [0.1, 0.15) is 5.56 Å². The highest BCUT2D eigenvalue weighted by atomic mass is 16.2. The van der Waals surface area contributed by atoms with E-state index in [-0.39, 0.29) is 0 Å². The van der Waals surface area contributed by atoms with Gasteiger partial charge in [0.25, 0.3) is 0 Å². The van der Waals surface area contributed by atoms with Crippen LogP contribution in [-0.2, 0) is 6.42 Å². The van der Waals surface area contributed by atoms with Crippen LogP contribution < -0.4 is 10.4 Å². The number of nitrogens with zero attached hydrogens (tertiary/aromatic N) is 1. The summed E-state index contributed by atoms with van der Waals surface area (Å²) in [5.41, 5.74) is 9.48. The summed E-state index contributed by atoms with van der Waals surface area (Å²) in [6.07, 6.45) is 9.20. The molecule has 1 radical (unpaired) electrons. The third-order valence-electron chi connectivity index (χ3n) is 6.06. The zero-order valence-electron chi connectivity index (χ0n) is 18.9. The first kappa shape index (κ1) is 21.8. The summed E-state index contributed by atoms with van der Waals surface area (Å²) in [5.74, 6) is 0. The number of hydrogen-bond acceptors (Lipinski definition) is 2. The molecule has 0 fully saturated rings. The highest BCUT2D eigenvalue weighted by Crippen LogP contribution is 2.35. The molecule has 2 nitrogen and oxygen atoms in total. The summed E-state index contributed by atoms with van der Waals surface area (Å²) in [4.78, 5) is 2.20. The van der Waals surface area contributed by atoms with Crippen LogP contribution in [0.15, 0.2) is 134 Å². The summed E-state index contributed by atoms with van der Waals surface area (Å²) in [7, 11) is 1.16. The Morgan fingerprint density at radius 3 is 2.12 bits per heavy atom. The second kappa shape index (κ2) is 9.82. The second-order valence-corrected chi connectivity index (χ2v) is 8.33. The Labute approximate surface area is 202 Å². The summed E-state index contributed by atoms with van der Waals surface area (Å²) in [5, 5.41) is 9.74. The van der Waals surface area contributed by atoms with Crippen molar-refractivity contribution in [2.75, 3.05) is 4.90 Å². The number of fused-ring (bicyclic) bond motifs is 1. The predicted octanol–water partition coefficient (Wildman–Crippen LogP) is 6.58. The molecule has 5 rings (SSSR count). The van der Waals surface area contributed by atoms with Crippen LogP contribution in [0.3, 0.4) is 0 Å². The molecule has 0 bridgehead atoms. The van der Waals surface area contributed by atoms with Crippen molar-refractivity contribution in [3.63, 3.8) is 0 Å². The van der Waals surface area contributed by atoms with Crippen molar-refractivity contribution in [2.45, 2.75) is 6.42 Å². The van der Waals surface area contributed by atoms with Crippen LogP contribution in [0.2, 0.25) is 0 Å². The first-order valence-electron chi connectivity index (χ1n) is 11.4. The molecule has 34 heavy (non-hydrogen) atoms. The molecule has 1 aliphatic heterocycles. The Bertz CT molecular complexity index is 1370. The van der Waals surface area contributed by atoms with Gasteiger partial charge in [-0.05, 0) is 64.6 Å². The molecule has 0 saturated heterocycles. The fraction of sp³-hybridized carbons (Fsp3) is 0.0323. The van der Waals surface area contributed by atoms with Gasteiger partial charge in [0.05, 0.1) is 0 Å². The maximum Gasteiger partial charge on any atom is 0.326 e. The van der Waals surface area contributed by atoms with Crippen molar-refractivity contribution in [3.8, 4) is 22.3 Å². The summed E-state index contributed by atoms with van der Waals surface area (Å²) in [6.45, 7) is 4.34. The van der Waals surface area contributed by atoms with Crippen LogP contribution >= 0.6 is 0 Å². The zero-order valence-corrected chi connectivity index (χ0v) is 18.9. The number of para-hydroxylation sites is 1. The number of hydrogen-bond donors (Lipinski definition) is 1. The van der Waals surface area contributed by atoms with Crippen molar-refractivity contribution in [1.29, 1.82) is 0 Å². The molecule has 1 aliphatic rings. The Balaban J connectivity index is 1.54. The Kier molecular flexibility index (Phi) is 6.28. The zero-order chi connectivity index (χ0) is 23.3. The van der Waals surface area contributed by atoms with E-state index in [1.807, 2.05) is 42.5 Å². The van der Waals surface area contributed by atoms with E-state index in [1.54, 1.807) is 0 Å². The minimum atomic E-state index is 0.778. The molecule has 3 heteroatoms. The molecule has 0 spiro atoms. The number of benzene rings is 4. The summed E-state index contributed by atoms with van der Waals surface area (Å²) >= 11 is 0. The van der Waals surface area contributed by atoms with Crippen molar-refractivity contribution in [2.24, 2.45) is 0 Å². The number of anilines is 2. The van der Waals surface area contributed by atoms with E-state index >= 15 is 0 Å². The summed E-state index contributed by atoms with van der Waals surface area (Å²) < 4.78 is 0. The van der Waals surface area contributed by atoms with Gasteiger partial charge in [-0.25, -0.2) is 0 Å². The quantitative estimate of drug-likeness (QED) is 0.364. The SMILES string of the molecule is C=C1/C=C\C=C/Cc2ccccc2N1c1ccc(-c2cc([B]O)cc(-c3ccccc3)c2)cc1. The van der Waals surface area contributed by atoms with E-state index < -0.39 is 0 Å². The minimum Gasteiger partial charge on any atom is -0.450 e. The summed E-state index contributed by atoms with van der Waals surface area (Å²) in [6, 6.07) is 33.4. The van der Waals surface area contributed by atoms with Gasteiger partial charge in [0.2, 0.25) is 0 Å². The largest absolute Gasteiger partial charge is 0.450 e. The van der Waals surface area contributed by atoms with E-state index in [0.29, 0.717) is 0 Å². The van der Waals surface area contributed by atoms with Crippen LogP contribution in [0.5, 0.6) is 0 Å². The third-order valence-corrected chi connectivity index (χ3v) is 6.06. The fourth-order valence-corrected chi connectivity index (χ4v) is 4.37. The van der Waals surface area contributed by atoms with Gasteiger partial charge >= 0.3 is 7.48 Å². The third kappa shape index (κ3) is 4.52. The normalized spacial score (nSPS) is 15.0. The minimum absolute atomic E-state index is 0.778. The maximum absolute atomic E-state index is 9.74. The fourth-order valence-electron chi connectivity index (χ4n) is 4.37. The molecule has 0 amide bonds. The number of rotatable bonds is 4. The Morgan fingerprint density at radius 2 is 1.38 bits per heavy atom. The molecule has 4 aromatic carbocycles. The first-order chi connectivity index (χ1) is 16.7. The molecular formula is C31H25BNO. The van der Waals surface area contributed by atoms with Gasteiger partial charge in [-0.15, -0.1) is 0 Å². The van der Waals surface area contributed by atoms with Crippen molar-refractivity contribution in [3.05, 3.63) is 139 Å². The van der Waals surface area contributed by atoms with Gasteiger partial charge in [0.1, 0.15) is 0 Å². The molecule has 0 unspecified atom stereocenters. The topological polar surface area (TPSA) is 23.5 Å². The average molecular weight is 438 g/mol. The van der Waals surface area contributed by atoms with Crippen LogP contribution in [-0.4, -0.2) is 12.5 Å². The molecule has 0 aromatic heterocycles. The van der Waals surface area contributed by atoms with Gasteiger partial charge in [-0.3, -0.25) is 0 Å². The van der Waals surface area contributed by atoms with Gasteiger partial charge in [0, 0.05) is 17.1 Å². The maximum atomic E-state index is 9.74. The molecule has 4 aromatic rings. The molecule has 0 aliphatic carbocycles. The monoisotopic (exact) mass is 438 g/mol. The van der Waals surface area contributed by atoms with E-state index in [4.69, 9.17) is 0 Å². The standard InChI is InChI=1S/C31H25BNO/c1-23-10-4-2-7-13-26-14-8-9-15-31(26)33(23)30-18-16-25(17-19-30)28-20-27(21-29(22-28)32-34)24-11-5-3-6-12-24/h2-12,14-22,34H,1,13H2/b7-2-,10-4-. The first-order valence-corrected chi connectivity index (χ1v) is 11.4. The van der Waals surface area contributed by atoms with Gasteiger partial charge in [-0.1, -0.05) is 103 Å². The molecular weight excluding hydrogens is 413 g/mol. The lowest BCUT2D eigenvalue weighted by Crippen LogP contribution is -2.16. The van der Waals surface area contributed by atoms with Crippen molar-refractivity contribution < 1.29 is 5.02 Å². The smallest absolute Gasteiger partial charge is 0.326 e. The molecule has 1 heterocycles. The van der Waals surface area contributed by atoms with E-state index in [2.05, 4.69) is 90.4 Å². The van der Waals surface area contributed by atoms with Crippen LogP contribution in [0, 0.1) is 0 Å². The highest BCUT2D eigenvalue weighted by Gasteiger charge is 2.16. The molecule has 163 valence electrons. The average Bonchev–Trinajstić information content (AvgIpc) is 2.97. The Morgan fingerprint density at radius 1 is 0.706 bits per heavy atom. The van der Waals surface area contributed by atoms with Crippen molar-refractivity contribution >= 4 is 24.3 Å². The second-order valence-electron chi connectivity index (χ2n) is 8.33. The van der Waals surface area contributed by atoms with Gasteiger partial charge < -0.3 is 9.92 Å². The van der Waals surface area contributed by atoms with E-state index in [1.165, 1.54) is 5.56 Å². The molecule has 0 saturated carbocycles. The van der Waals surface area contributed by atoms with Crippen molar-refractivity contribution in [1.82, 2.24) is 0 Å². The molecule has 0 atom stereocenters. The molecule has 1 N–H and O–H groups in total. The highest BCUT2D eigenvalue weighted by molar-refractivity contribution is 6.45. The van der Waals surface area contributed by atoms with Gasteiger partial charge in [0.15, 0.2) is 0 Å². The van der Waals surface area contributed by atoms with Gasteiger partial charge in [-0.2, -0.15) is 0 Å². The van der Waals surface area contributed by atoms with Crippen LogP contribution in [0.25, 0.3) is 22.3 Å². The predicted molar refractivity (Wildman–Crippen MR) is 145 cm³/mol. The lowest BCUT2D eigenvalue weighted by atomic mass is 9.83. The lowest BCUT2D eigenvalue weighted by Gasteiger charge is -2.27. The van der Waals surface area contributed by atoms with E-state index in [0.717, 1.165) is 58.7 Å². The van der Waals surface area contributed by atoms with Crippen LogP contribution in [0.4, 0.5) is 11.4 Å².